The number of aryl methyl sites for hydroxylation is 1. The van der Waals surface area contributed by atoms with Crippen molar-refractivity contribution in [2.45, 2.75) is 13.0 Å². The summed E-state index contributed by atoms with van der Waals surface area (Å²) in [6, 6.07) is 8.37. The van der Waals surface area contributed by atoms with Crippen molar-refractivity contribution in [3.63, 3.8) is 0 Å². The smallest absolute Gasteiger partial charge is 0.138 e. The van der Waals surface area contributed by atoms with Crippen LogP contribution in [0, 0.1) is 12.7 Å². The van der Waals surface area contributed by atoms with Crippen LogP contribution < -0.4 is 10.1 Å². The molecule has 0 fully saturated rings. The molecule has 0 spiro atoms. The molecule has 0 radical (unpaired) electrons. The van der Waals surface area contributed by atoms with Crippen molar-refractivity contribution in [3.05, 3.63) is 62.3 Å². The summed E-state index contributed by atoms with van der Waals surface area (Å²) in [5.41, 5.74) is 2.21. The normalized spacial score (nSPS) is 12.3. The van der Waals surface area contributed by atoms with E-state index in [-0.39, 0.29) is 11.9 Å². The lowest BCUT2D eigenvalue weighted by Gasteiger charge is -2.22. The van der Waals surface area contributed by atoms with Gasteiger partial charge in [0.1, 0.15) is 11.6 Å². The lowest BCUT2D eigenvalue weighted by molar-refractivity contribution is 0.402. The van der Waals surface area contributed by atoms with Gasteiger partial charge in [0.25, 0.3) is 0 Å². The van der Waals surface area contributed by atoms with E-state index in [1.165, 1.54) is 6.07 Å². The first-order chi connectivity index (χ1) is 9.97. The third-order valence-corrected chi connectivity index (χ3v) is 4.12. The lowest BCUT2D eigenvalue weighted by atomic mass is 9.96. The SMILES string of the molecule is CNC(c1ccc(C)cc1F)c1cc(Cl)cc(Br)c1OC. The van der Waals surface area contributed by atoms with Crippen molar-refractivity contribution in [2.75, 3.05) is 14.2 Å². The Morgan fingerprint density at radius 3 is 2.52 bits per heavy atom. The summed E-state index contributed by atoms with van der Waals surface area (Å²) in [6.07, 6.45) is 0. The number of methoxy groups -OCH3 is 1. The van der Waals surface area contributed by atoms with Crippen molar-refractivity contribution in [1.82, 2.24) is 5.32 Å². The van der Waals surface area contributed by atoms with E-state index in [0.29, 0.717) is 16.3 Å². The van der Waals surface area contributed by atoms with Crippen LogP contribution in [0.2, 0.25) is 5.02 Å². The summed E-state index contributed by atoms with van der Waals surface area (Å²) in [7, 11) is 3.36. The van der Waals surface area contributed by atoms with E-state index in [9.17, 15) is 4.39 Å². The van der Waals surface area contributed by atoms with E-state index in [4.69, 9.17) is 16.3 Å². The van der Waals surface area contributed by atoms with Crippen molar-refractivity contribution in [1.29, 1.82) is 0 Å². The average Bonchev–Trinajstić information content (AvgIpc) is 2.41. The number of nitrogens with one attached hydrogen (secondary N) is 1. The third kappa shape index (κ3) is 3.39. The molecule has 1 N–H and O–H groups in total. The van der Waals surface area contributed by atoms with Crippen molar-refractivity contribution < 1.29 is 9.13 Å². The topological polar surface area (TPSA) is 21.3 Å². The van der Waals surface area contributed by atoms with Crippen molar-refractivity contribution in [3.8, 4) is 5.75 Å². The van der Waals surface area contributed by atoms with Gasteiger partial charge in [0, 0.05) is 16.1 Å². The first-order valence-electron chi connectivity index (χ1n) is 6.44. The number of hydrogen-bond acceptors (Lipinski definition) is 2. The van der Waals surface area contributed by atoms with Crippen LogP contribution >= 0.6 is 27.5 Å². The Bertz CT molecular complexity index is 663. The minimum absolute atomic E-state index is 0.257. The molecule has 0 aliphatic carbocycles. The van der Waals surface area contributed by atoms with Gasteiger partial charge in [0.05, 0.1) is 17.6 Å². The summed E-state index contributed by atoms with van der Waals surface area (Å²) >= 11 is 9.55. The zero-order valence-corrected chi connectivity index (χ0v) is 14.3. The first kappa shape index (κ1) is 16.3. The standard InChI is InChI=1S/C16H16BrClFNO/c1-9-4-5-11(14(19)6-9)15(20-2)12-7-10(18)8-13(17)16(12)21-3/h4-8,15,20H,1-3H3. The second-order valence-corrected chi connectivity index (χ2v) is 6.05. The second kappa shape index (κ2) is 6.77. The fraction of sp³-hybridized carbons (Fsp3) is 0.250. The van der Waals surface area contributed by atoms with Gasteiger partial charge in [-0.15, -0.1) is 0 Å². The van der Waals surface area contributed by atoms with E-state index < -0.39 is 0 Å². The van der Waals surface area contributed by atoms with Gasteiger partial charge < -0.3 is 10.1 Å². The van der Waals surface area contributed by atoms with Crippen LogP contribution in [-0.2, 0) is 0 Å². The van der Waals surface area contributed by atoms with Gasteiger partial charge in [-0.3, -0.25) is 0 Å². The van der Waals surface area contributed by atoms with Gasteiger partial charge in [-0.25, -0.2) is 4.39 Å². The van der Waals surface area contributed by atoms with Gasteiger partial charge in [-0.2, -0.15) is 0 Å². The molecule has 0 saturated heterocycles. The molecule has 0 amide bonds. The fourth-order valence-electron chi connectivity index (χ4n) is 2.35. The van der Waals surface area contributed by atoms with Crippen LogP contribution in [0.1, 0.15) is 22.7 Å². The van der Waals surface area contributed by atoms with Crippen LogP contribution in [0.25, 0.3) is 0 Å². The van der Waals surface area contributed by atoms with Crippen LogP contribution in [0.15, 0.2) is 34.8 Å². The van der Waals surface area contributed by atoms with Gasteiger partial charge in [0.15, 0.2) is 0 Å². The number of ether oxygens (including phenoxy) is 1. The van der Waals surface area contributed by atoms with Gasteiger partial charge >= 0.3 is 0 Å². The molecule has 2 aromatic rings. The number of benzene rings is 2. The van der Waals surface area contributed by atoms with Crippen molar-refractivity contribution in [2.24, 2.45) is 0 Å². The van der Waals surface area contributed by atoms with Gasteiger partial charge in [-0.05, 0) is 53.7 Å². The Balaban J connectivity index is 2.61. The van der Waals surface area contributed by atoms with Gasteiger partial charge in [0.2, 0.25) is 0 Å². The van der Waals surface area contributed by atoms with Gasteiger partial charge in [-0.1, -0.05) is 23.7 Å². The molecule has 1 unspecified atom stereocenters. The molecule has 2 aromatic carbocycles. The monoisotopic (exact) mass is 371 g/mol. The average molecular weight is 373 g/mol. The highest BCUT2D eigenvalue weighted by atomic mass is 79.9. The number of halogens is 3. The fourth-order valence-corrected chi connectivity index (χ4v) is 3.35. The molecule has 2 nitrogen and oxygen atoms in total. The summed E-state index contributed by atoms with van der Waals surface area (Å²) in [5, 5.41) is 3.69. The maximum atomic E-state index is 14.3. The van der Waals surface area contributed by atoms with Crippen LogP contribution in [0.5, 0.6) is 5.75 Å². The molecule has 0 aliphatic rings. The molecule has 112 valence electrons. The predicted octanol–water partition coefficient (Wildman–Crippen LogP) is 4.87. The maximum absolute atomic E-state index is 14.3. The van der Waals surface area contributed by atoms with E-state index in [1.807, 2.05) is 13.0 Å². The molecular formula is C16H16BrClFNO. The predicted molar refractivity (Wildman–Crippen MR) is 87.7 cm³/mol. The molecule has 0 aromatic heterocycles. The zero-order chi connectivity index (χ0) is 15.6. The van der Waals surface area contributed by atoms with E-state index in [0.717, 1.165) is 15.6 Å². The van der Waals surface area contributed by atoms with Crippen molar-refractivity contribution >= 4 is 27.5 Å². The molecule has 1 atom stereocenters. The Hall–Kier alpha value is -1.10. The minimum Gasteiger partial charge on any atom is -0.495 e. The number of rotatable bonds is 4. The van der Waals surface area contributed by atoms with Crippen LogP contribution in [0.3, 0.4) is 0 Å². The minimum atomic E-state index is -0.351. The zero-order valence-electron chi connectivity index (χ0n) is 12.0. The summed E-state index contributed by atoms with van der Waals surface area (Å²) < 4.78 is 20.5. The second-order valence-electron chi connectivity index (χ2n) is 4.76. The highest BCUT2D eigenvalue weighted by molar-refractivity contribution is 9.10. The molecule has 21 heavy (non-hydrogen) atoms. The Morgan fingerprint density at radius 1 is 1.24 bits per heavy atom. The Morgan fingerprint density at radius 2 is 1.95 bits per heavy atom. The summed E-state index contributed by atoms with van der Waals surface area (Å²) in [6.45, 7) is 1.86. The quantitative estimate of drug-likeness (QED) is 0.827. The Labute approximate surface area is 137 Å². The third-order valence-electron chi connectivity index (χ3n) is 3.31. The summed E-state index contributed by atoms with van der Waals surface area (Å²) in [5.74, 6) is 0.381. The highest BCUT2D eigenvalue weighted by Crippen LogP contribution is 2.38. The van der Waals surface area contributed by atoms with E-state index in [2.05, 4.69) is 21.2 Å². The van der Waals surface area contributed by atoms with E-state index in [1.54, 1.807) is 32.4 Å². The lowest BCUT2D eigenvalue weighted by Crippen LogP contribution is -2.20. The first-order valence-corrected chi connectivity index (χ1v) is 7.61. The molecular weight excluding hydrogens is 357 g/mol. The molecule has 0 heterocycles. The molecule has 2 rings (SSSR count). The maximum Gasteiger partial charge on any atom is 0.138 e. The number of hydrogen-bond donors (Lipinski definition) is 1. The van der Waals surface area contributed by atoms with Crippen LogP contribution in [-0.4, -0.2) is 14.2 Å². The highest BCUT2D eigenvalue weighted by Gasteiger charge is 2.22. The summed E-state index contributed by atoms with van der Waals surface area (Å²) in [4.78, 5) is 0. The molecule has 0 bridgehead atoms. The molecule has 0 aliphatic heterocycles. The molecule has 0 saturated carbocycles. The van der Waals surface area contributed by atoms with E-state index >= 15 is 0 Å². The molecule has 5 heteroatoms. The van der Waals surface area contributed by atoms with Crippen LogP contribution in [0.4, 0.5) is 4.39 Å². The Kier molecular flexibility index (Phi) is 5.25. The largest absolute Gasteiger partial charge is 0.495 e.